The molecule has 0 aromatic heterocycles. The molecule has 0 bridgehead atoms. The molecule has 0 aliphatic rings. The van der Waals surface area contributed by atoms with Gasteiger partial charge in [-0.1, -0.05) is 23.2 Å². The molecule has 1 unspecified atom stereocenters. The van der Waals surface area contributed by atoms with E-state index in [4.69, 9.17) is 33.7 Å². The van der Waals surface area contributed by atoms with Gasteiger partial charge in [0.1, 0.15) is 5.75 Å². The van der Waals surface area contributed by atoms with Gasteiger partial charge in [-0.05, 0) is 37.6 Å². The first-order chi connectivity index (χ1) is 8.49. The highest BCUT2D eigenvalue weighted by Crippen LogP contribution is 2.33. The third-order valence-corrected chi connectivity index (χ3v) is 2.83. The average Bonchev–Trinajstić information content (AvgIpc) is 2.32. The highest BCUT2D eigenvalue weighted by atomic mass is 35.5. The van der Waals surface area contributed by atoms with Crippen molar-refractivity contribution < 1.29 is 14.3 Å². The highest BCUT2D eigenvalue weighted by molar-refractivity contribution is 6.35. The van der Waals surface area contributed by atoms with Crippen molar-refractivity contribution in [2.75, 3.05) is 13.7 Å². The van der Waals surface area contributed by atoms with Crippen molar-refractivity contribution in [3.05, 3.63) is 27.7 Å². The van der Waals surface area contributed by atoms with Crippen LogP contribution in [0.1, 0.15) is 12.5 Å². The summed E-state index contributed by atoms with van der Waals surface area (Å²) in [6.45, 7) is 2.02. The van der Waals surface area contributed by atoms with Crippen molar-refractivity contribution in [2.24, 2.45) is 5.73 Å². The predicted molar refractivity (Wildman–Crippen MR) is 71.3 cm³/mol. The zero-order chi connectivity index (χ0) is 13.7. The monoisotopic (exact) mass is 291 g/mol. The number of nitrogens with two attached hydrogens (primary N) is 1. The molecule has 1 atom stereocenters. The molecule has 0 saturated heterocycles. The smallest absolute Gasteiger partial charge is 0.346 e. The Balaban J connectivity index is 3.02. The summed E-state index contributed by atoms with van der Waals surface area (Å²) >= 11 is 12.0. The fourth-order valence-electron chi connectivity index (χ4n) is 1.48. The largest absolute Gasteiger partial charge is 0.477 e. The molecule has 2 N–H and O–H groups in total. The van der Waals surface area contributed by atoms with E-state index in [1.54, 1.807) is 19.1 Å². The number of halogens is 2. The van der Waals surface area contributed by atoms with Crippen molar-refractivity contribution in [1.82, 2.24) is 0 Å². The molecule has 0 fully saturated rings. The fourth-order valence-corrected chi connectivity index (χ4v) is 2.06. The SMILES string of the molecule is COC(=O)C(C)Oc1c(Cl)cc(Cl)cc1CCN. The van der Waals surface area contributed by atoms with E-state index in [1.165, 1.54) is 7.11 Å². The lowest BCUT2D eigenvalue weighted by Crippen LogP contribution is -2.25. The van der Waals surface area contributed by atoms with E-state index < -0.39 is 12.1 Å². The number of carbonyl (C=O) groups is 1. The number of esters is 1. The van der Waals surface area contributed by atoms with Crippen molar-refractivity contribution in [3.63, 3.8) is 0 Å². The Bertz CT molecular complexity index is 438. The van der Waals surface area contributed by atoms with Gasteiger partial charge in [-0.15, -0.1) is 0 Å². The summed E-state index contributed by atoms with van der Waals surface area (Å²) in [5.74, 6) is -0.0517. The van der Waals surface area contributed by atoms with E-state index in [0.29, 0.717) is 28.8 Å². The van der Waals surface area contributed by atoms with Crippen LogP contribution < -0.4 is 10.5 Å². The summed E-state index contributed by atoms with van der Waals surface area (Å²) in [5.41, 5.74) is 6.28. The number of hydrogen-bond donors (Lipinski definition) is 1. The molecule has 0 aliphatic carbocycles. The molecule has 1 aromatic carbocycles. The number of ether oxygens (including phenoxy) is 2. The van der Waals surface area contributed by atoms with Crippen LogP contribution in [0.25, 0.3) is 0 Å². The van der Waals surface area contributed by atoms with E-state index >= 15 is 0 Å². The number of methoxy groups -OCH3 is 1. The fraction of sp³-hybridized carbons (Fsp3) is 0.417. The van der Waals surface area contributed by atoms with Gasteiger partial charge < -0.3 is 15.2 Å². The van der Waals surface area contributed by atoms with Crippen molar-refractivity contribution in [3.8, 4) is 5.75 Å². The highest BCUT2D eigenvalue weighted by Gasteiger charge is 2.19. The molecule has 1 rings (SSSR count). The zero-order valence-corrected chi connectivity index (χ0v) is 11.7. The quantitative estimate of drug-likeness (QED) is 0.847. The summed E-state index contributed by atoms with van der Waals surface area (Å²) in [7, 11) is 1.30. The Morgan fingerprint density at radius 1 is 1.44 bits per heavy atom. The molecule has 100 valence electrons. The lowest BCUT2D eigenvalue weighted by atomic mass is 10.1. The molecule has 1 aromatic rings. The summed E-state index contributed by atoms with van der Waals surface area (Å²) in [6.07, 6.45) is -0.186. The second kappa shape index (κ2) is 6.83. The van der Waals surface area contributed by atoms with Crippen LogP contribution in [0.4, 0.5) is 0 Å². The summed E-state index contributed by atoms with van der Waals surface area (Å²) < 4.78 is 10.1. The molecular formula is C12H15Cl2NO3. The zero-order valence-electron chi connectivity index (χ0n) is 10.2. The molecule has 0 aliphatic heterocycles. The summed E-state index contributed by atoms with van der Waals surface area (Å²) in [6, 6.07) is 3.28. The molecular weight excluding hydrogens is 277 g/mol. The van der Waals surface area contributed by atoms with Crippen LogP contribution in [0.15, 0.2) is 12.1 Å². The van der Waals surface area contributed by atoms with Gasteiger partial charge >= 0.3 is 5.97 Å². The van der Waals surface area contributed by atoms with Crippen LogP contribution in [0.5, 0.6) is 5.75 Å². The van der Waals surface area contributed by atoms with Gasteiger partial charge in [-0.2, -0.15) is 0 Å². The van der Waals surface area contributed by atoms with E-state index in [9.17, 15) is 4.79 Å². The third kappa shape index (κ3) is 3.77. The molecule has 0 saturated carbocycles. The first kappa shape index (κ1) is 15.1. The van der Waals surface area contributed by atoms with Gasteiger partial charge in [0.15, 0.2) is 6.10 Å². The lowest BCUT2D eigenvalue weighted by molar-refractivity contribution is -0.147. The van der Waals surface area contributed by atoms with Gasteiger partial charge in [0.2, 0.25) is 0 Å². The molecule has 0 amide bonds. The maximum atomic E-state index is 11.3. The van der Waals surface area contributed by atoms with Gasteiger partial charge in [0, 0.05) is 5.02 Å². The second-order valence-corrected chi connectivity index (χ2v) is 4.54. The first-order valence-corrected chi connectivity index (χ1v) is 6.17. The molecule has 0 radical (unpaired) electrons. The van der Waals surface area contributed by atoms with E-state index in [1.807, 2.05) is 0 Å². The minimum absolute atomic E-state index is 0.349. The number of benzene rings is 1. The number of hydrogen-bond acceptors (Lipinski definition) is 4. The Hall–Kier alpha value is -0.970. The van der Waals surface area contributed by atoms with E-state index in [-0.39, 0.29) is 0 Å². The van der Waals surface area contributed by atoms with Gasteiger partial charge in [-0.25, -0.2) is 4.79 Å². The minimum Gasteiger partial charge on any atom is -0.477 e. The Morgan fingerprint density at radius 3 is 2.67 bits per heavy atom. The summed E-state index contributed by atoms with van der Waals surface area (Å²) in [4.78, 5) is 11.3. The Morgan fingerprint density at radius 2 is 2.11 bits per heavy atom. The standard InChI is InChI=1S/C12H15Cl2NO3/c1-7(12(16)17-2)18-11-8(3-4-15)5-9(13)6-10(11)14/h5-7H,3-4,15H2,1-2H3. The number of rotatable bonds is 5. The first-order valence-electron chi connectivity index (χ1n) is 5.42. The van der Waals surface area contributed by atoms with E-state index in [0.717, 1.165) is 5.56 Å². The van der Waals surface area contributed by atoms with E-state index in [2.05, 4.69) is 4.74 Å². The van der Waals surface area contributed by atoms with Crippen LogP contribution in [0.2, 0.25) is 10.0 Å². The van der Waals surface area contributed by atoms with Crippen molar-refractivity contribution in [1.29, 1.82) is 0 Å². The molecule has 18 heavy (non-hydrogen) atoms. The van der Waals surface area contributed by atoms with Crippen molar-refractivity contribution >= 4 is 29.2 Å². The van der Waals surface area contributed by atoms with Crippen LogP contribution in [0, 0.1) is 0 Å². The van der Waals surface area contributed by atoms with Gasteiger partial charge in [0.05, 0.1) is 12.1 Å². The number of carbonyl (C=O) groups excluding carboxylic acids is 1. The lowest BCUT2D eigenvalue weighted by Gasteiger charge is -2.17. The predicted octanol–water partition coefficient (Wildman–Crippen LogP) is 2.43. The van der Waals surface area contributed by atoms with Gasteiger partial charge in [0.25, 0.3) is 0 Å². The topological polar surface area (TPSA) is 61.5 Å². The second-order valence-electron chi connectivity index (χ2n) is 3.70. The maximum absolute atomic E-state index is 11.3. The van der Waals surface area contributed by atoms with Crippen LogP contribution in [-0.2, 0) is 16.0 Å². The Kier molecular flexibility index (Phi) is 5.72. The average molecular weight is 292 g/mol. The molecule has 0 spiro atoms. The molecule has 6 heteroatoms. The minimum atomic E-state index is -0.745. The van der Waals surface area contributed by atoms with Gasteiger partial charge in [-0.3, -0.25) is 0 Å². The summed E-state index contributed by atoms with van der Waals surface area (Å²) in [5, 5.41) is 0.850. The molecule has 0 heterocycles. The van der Waals surface area contributed by atoms with Crippen LogP contribution in [-0.4, -0.2) is 25.7 Å². The van der Waals surface area contributed by atoms with Crippen LogP contribution >= 0.6 is 23.2 Å². The molecule has 4 nitrogen and oxygen atoms in total. The van der Waals surface area contributed by atoms with Crippen LogP contribution in [0.3, 0.4) is 0 Å². The third-order valence-electron chi connectivity index (χ3n) is 2.33. The normalized spacial score (nSPS) is 12.1. The van der Waals surface area contributed by atoms with Crippen molar-refractivity contribution in [2.45, 2.75) is 19.4 Å². The Labute approximate surface area is 116 Å². The maximum Gasteiger partial charge on any atom is 0.346 e.